The summed E-state index contributed by atoms with van der Waals surface area (Å²) in [5, 5.41) is 21.6. The second-order valence-corrected chi connectivity index (χ2v) is 7.13. The second-order valence-electron chi connectivity index (χ2n) is 7.13. The van der Waals surface area contributed by atoms with Gasteiger partial charge < -0.3 is 29.5 Å². The molecule has 0 unspecified atom stereocenters. The summed E-state index contributed by atoms with van der Waals surface area (Å²) in [6.07, 6.45) is -0.279. The van der Waals surface area contributed by atoms with Crippen molar-refractivity contribution in [3.63, 3.8) is 0 Å². The molecule has 2 atom stereocenters. The van der Waals surface area contributed by atoms with Crippen LogP contribution in [0.3, 0.4) is 0 Å². The molecule has 8 heteroatoms. The van der Waals surface area contributed by atoms with Gasteiger partial charge >= 0.3 is 11.9 Å². The number of esters is 2. The van der Waals surface area contributed by atoms with E-state index in [9.17, 15) is 19.8 Å². The minimum atomic E-state index is -2.28. The van der Waals surface area contributed by atoms with Crippen LogP contribution in [0.4, 0.5) is 0 Å². The molecule has 0 spiro atoms. The van der Waals surface area contributed by atoms with Crippen LogP contribution in [-0.2, 0) is 19.1 Å². The summed E-state index contributed by atoms with van der Waals surface area (Å²) in [5.41, 5.74) is -3.73. The lowest BCUT2D eigenvalue weighted by molar-refractivity contribution is -0.283. The molecule has 0 radical (unpaired) electrons. The number of morpholine rings is 2. The van der Waals surface area contributed by atoms with E-state index in [0.29, 0.717) is 0 Å². The standard InChI is InChI=1S/C14H20N2O6/c1-12(2)6-22-11(19)14(20)10(18)16-8(5-15(12)14)9(17)21-7-13(16,3)4/h5,10,18,20H,6-7H2,1-4H3/t10-,14+/m0/s1. The zero-order chi connectivity index (χ0) is 16.5. The fourth-order valence-corrected chi connectivity index (χ4v) is 3.17. The first kappa shape index (κ1) is 15.1. The van der Waals surface area contributed by atoms with Gasteiger partial charge in [-0.3, -0.25) is 0 Å². The molecule has 0 amide bonds. The van der Waals surface area contributed by atoms with E-state index < -0.39 is 35.0 Å². The molecule has 3 aliphatic rings. The normalized spacial score (nSPS) is 35.9. The smallest absolute Gasteiger partial charge is 0.364 e. The first-order chi connectivity index (χ1) is 10.0. The highest BCUT2D eigenvalue weighted by molar-refractivity contribution is 5.90. The average molecular weight is 312 g/mol. The van der Waals surface area contributed by atoms with Crippen LogP contribution in [-0.4, -0.2) is 68.2 Å². The van der Waals surface area contributed by atoms with Gasteiger partial charge in [-0.05, 0) is 27.7 Å². The zero-order valence-corrected chi connectivity index (χ0v) is 13.0. The molecule has 3 rings (SSSR count). The molecule has 2 N–H and O–H groups in total. The Labute approximate surface area is 127 Å². The summed E-state index contributed by atoms with van der Waals surface area (Å²) in [6.45, 7) is 7.04. The second kappa shape index (κ2) is 4.14. The predicted octanol–water partition coefficient (Wildman–Crippen LogP) is -0.877. The molecule has 0 aromatic rings. The topological polar surface area (TPSA) is 99.5 Å². The number of nitrogens with zero attached hydrogens (tertiary/aromatic N) is 2. The summed E-state index contributed by atoms with van der Waals surface area (Å²) in [5.74, 6) is -1.54. The van der Waals surface area contributed by atoms with Crippen molar-refractivity contribution < 1.29 is 29.3 Å². The monoisotopic (exact) mass is 312 g/mol. The van der Waals surface area contributed by atoms with E-state index in [2.05, 4.69) is 0 Å². The van der Waals surface area contributed by atoms with Crippen molar-refractivity contribution in [1.82, 2.24) is 9.80 Å². The van der Waals surface area contributed by atoms with Crippen LogP contribution < -0.4 is 0 Å². The lowest BCUT2D eigenvalue weighted by Gasteiger charge is -2.59. The number of hydrogen-bond acceptors (Lipinski definition) is 8. The van der Waals surface area contributed by atoms with Gasteiger partial charge in [-0.25, -0.2) is 9.59 Å². The van der Waals surface area contributed by atoms with Gasteiger partial charge in [0.1, 0.15) is 18.9 Å². The fraction of sp³-hybridized carbons (Fsp3) is 0.714. The quantitative estimate of drug-likeness (QED) is 0.557. The van der Waals surface area contributed by atoms with Gasteiger partial charge in [0.2, 0.25) is 0 Å². The maximum atomic E-state index is 12.2. The van der Waals surface area contributed by atoms with Crippen molar-refractivity contribution in [1.29, 1.82) is 0 Å². The van der Waals surface area contributed by atoms with E-state index in [4.69, 9.17) is 9.47 Å². The minimum Gasteiger partial charge on any atom is -0.460 e. The number of aliphatic hydroxyl groups excluding tert-OH is 1. The van der Waals surface area contributed by atoms with Gasteiger partial charge in [-0.1, -0.05) is 0 Å². The van der Waals surface area contributed by atoms with Gasteiger partial charge in [0.25, 0.3) is 5.72 Å². The molecule has 2 saturated heterocycles. The van der Waals surface area contributed by atoms with Gasteiger partial charge in [0, 0.05) is 6.20 Å². The Morgan fingerprint density at radius 2 is 1.73 bits per heavy atom. The maximum absolute atomic E-state index is 12.2. The van der Waals surface area contributed by atoms with E-state index >= 15 is 0 Å². The van der Waals surface area contributed by atoms with Crippen LogP contribution in [0.15, 0.2) is 11.9 Å². The van der Waals surface area contributed by atoms with Crippen LogP contribution in [0.25, 0.3) is 0 Å². The highest BCUT2D eigenvalue weighted by atomic mass is 16.6. The highest BCUT2D eigenvalue weighted by Gasteiger charge is 2.64. The van der Waals surface area contributed by atoms with E-state index in [1.54, 1.807) is 27.7 Å². The zero-order valence-electron chi connectivity index (χ0n) is 13.0. The molecule has 3 aliphatic heterocycles. The molecule has 22 heavy (non-hydrogen) atoms. The van der Waals surface area contributed by atoms with Crippen LogP contribution in [0.1, 0.15) is 27.7 Å². The molecule has 0 aromatic heterocycles. The van der Waals surface area contributed by atoms with Gasteiger partial charge in [-0.2, -0.15) is 0 Å². The molecule has 0 bridgehead atoms. The lowest BCUT2D eigenvalue weighted by atomic mass is 9.89. The van der Waals surface area contributed by atoms with E-state index in [0.717, 1.165) is 0 Å². The third kappa shape index (κ3) is 1.70. The number of carbonyl (C=O) groups is 2. The Kier molecular flexibility index (Phi) is 2.84. The number of fused-ring (bicyclic) bond motifs is 2. The van der Waals surface area contributed by atoms with Crippen LogP contribution >= 0.6 is 0 Å². The summed E-state index contributed by atoms with van der Waals surface area (Å²) >= 11 is 0. The van der Waals surface area contributed by atoms with Crippen molar-refractivity contribution in [2.24, 2.45) is 0 Å². The minimum absolute atomic E-state index is 0.0308. The Balaban J connectivity index is 2.20. The summed E-state index contributed by atoms with van der Waals surface area (Å²) in [4.78, 5) is 26.8. The fourth-order valence-electron chi connectivity index (χ4n) is 3.17. The van der Waals surface area contributed by atoms with Gasteiger partial charge in [0.15, 0.2) is 6.23 Å². The van der Waals surface area contributed by atoms with Crippen LogP contribution in [0.2, 0.25) is 0 Å². The summed E-state index contributed by atoms with van der Waals surface area (Å²) in [6, 6.07) is 0. The molecule has 122 valence electrons. The third-order valence-electron chi connectivity index (χ3n) is 4.41. The highest BCUT2D eigenvalue weighted by Crippen LogP contribution is 2.43. The average Bonchev–Trinajstić information content (AvgIpc) is 2.42. The molecular weight excluding hydrogens is 292 g/mol. The van der Waals surface area contributed by atoms with E-state index in [-0.39, 0.29) is 18.9 Å². The Hall–Kier alpha value is -1.80. The van der Waals surface area contributed by atoms with Crippen LogP contribution in [0.5, 0.6) is 0 Å². The van der Waals surface area contributed by atoms with Crippen molar-refractivity contribution >= 4 is 11.9 Å². The Bertz CT molecular complexity index is 584. The van der Waals surface area contributed by atoms with Crippen LogP contribution in [0, 0.1) is 0 Å². The third-order valence-corrected chi connectivity index (χ3v) is 4.41. The summed E-state index contributed by atoms with van der Waals surface area (Å²) < 4.78 is 10.2. The number of ether oxygens (including phenoxy) is 2. The van der Waals surface area contributed by atoms with Gasteiger partial charge in [0.05, 0.1) is 11.1 Å². The van der Waals surface area contributed by atoms with Crippen molar-refractivity contribution in [3.05, 3.63) is 11.9 Å². The molecule has 2 fully saturated rings. The molecule has 0 saturated carbocycles. The van der Waals surface area contributed by atoms with E-state index in [1.165, 1.54) is 16.0 Å². The maximum Gasteiger partial charge on any atom is 0.364 e. The van der Waals surface area contributed by atoms with Crippen molar-refractivity contribution in [2.75, 3.05) is 13.2 Å². The lowest BCUT2D eigenvalue weighted by Crippen LogP contribution is -2.78. The predicted molar refractivity (Wildman–Crippen MR) is 72.8 cm³/mol. The molecule has 3 heterocycles. The number of carbonyl (C=O) groups excluding carboxylic acids is 2. The molecular formula is C14H20N2O6. The van der Waals surface area contributed by atoms with Crippen molar-refractivity contribution in [3.8, 4) is 0 Å². The number of rotatable bonds is 0. The molecule has 0 aliphatic carbocycles. The number of hydrogen-bond donors (Lipinski definition) is 2. The molecule has 0 aromatic carbocycles. The first-order valence-electron chi connectivity index (χ1n) is 7.07. The first-order valence-corrected chi connectivity index (χ1v) is 7.07. The number of aliphatic hydroxyl groups is 2. The largest absolute Gasteiger partial charge is 0.460 e. The van der Waals surface area contributed by atoms with Crippen molar-refractivity contribution in [2.45, 2.75) is 50.7 Å². The Morgan fingerprint density at radius 3 is 2.36 bits per heavy atom. The van der Waals surface area contributed by atoms with E-state index in [1.807, 2.05) is 0 Å². The summed E-state index contributed by atoms with van der Waals surface area (Å²) in [7, 11) is 0. The number of cyclic esters (lactones) is 2. The molecule has 8 nitrogen and oxygen atoms in total. The van der Waals surface area contributed by atoms with Gasteiger partial charge in [-0.15, -0.1) is 0 Å². The Morgan fingerprint density at radius 1 is 1.14 bits per heavy atom. The SMILES string of the molecule is CC1(C)COC(=O)C2=CN3C(C)(C)COC(=O)[C@]3(O)[C@H](O)N21.